The van der Waals surface area contributed by atoms with Crippen LogP contribution in [0.2, 0.25) is 5.02 Å². The molecule has 2 N–H and O–H groups in total. The third-order valence-corrected chi connectivity index (χ3v) is 5.74. The standard InChI is InChI=1S/C28H22ClN3O4/c1-18-8-2-4-10-20(18)27(34)30-17-26(33)32-31-16-23-21-11-5-3-9-19(21)14-15-25(23)36-28(35)22-12-6-7-13-24(22)29/h2-16H,17H2,1H3,(H,30,34)(H,32,33)/b31-16-. The van der Waals surface area contributed by atoms with Gasteiger partial charge in [-0.3, -0.25) is 9.59 Å². The molecule has 0 unspecified atom stereocenters. The van der Waals surface area contributed by atoms with Gasteiger partial charge in [-0.1, -0.05) is 72.3 Å². The molecule has 0 atom stereocenters. The van der Waals surface area contributed by atoms with Crippen LogP contribution in [-0.4, -0.2) is 30.5 Å². The molecule has 0 saturated heterocycles. The number of aryl methyl sites for hydroxylation is 1. The molecule has 4 aromatic rings. The summed E-state index contributed by atoms with van der Waals surface area (Å²) in [6, 6.07) is 24.7. The Kier molecular flexibility index (Phi) is 7.72. The largest absolute Gasteiger partial charge is 0.422 e. The first-order valence-corrected chi connectivity index (χ1v) is 11.5. The first-order valence-electron chi connectivity index (χ1n) is 11.1. The van der Waals surface area contributed by atoms with E-state index in [1.807, 2.05) is 49.4 Å². The Morgan fingerprint density at radius 1 is 0.889 bits per heavy atom. The highest BCUT2D eigenvalue weighted by molar-refractivity contribution is 6.33. The number of amides is 2. The molecule has 0 aliphatic carbocycles. The van der Waals surface area contributed by atoms with Crippen molar-refractivity contribution in [2.45, 2.75) is 6.92 Å². The number of carbonyl (C=O) groups excluding carboxylic acids is 3. The zero-order valence-electron chi connectivity index (χ0n) is 19.3. The summed E-state index contributed by atoms with van der Waals surface area (Å²) >= 11 is 6.13. The fourth-order valence-electron chi connectivity index (χ4n) is 3.57. The van der Waals surface area contributed by atoms with Crippen LogP contribution in [0.5, 0.6) is 5.75 Å². The Hall–Kier alpha value is -4.49. The topological polar surface area (TPSA) is 96.9 Å². The number of fused-ring (bicyclic) bond motifs is 1. The summed E-state index contributed by atoms with van der Waals surface area (Å²) in [5, 5.41) is 8.54. The monoisotopic (exact) mass is 499 g/mol. The highest BCUT2D eigenvalue weighted by atomic mass is 35.5. The molecule has 7 nitrogen and oxygen atoms in total. The Balaban J connectivity index is 1.49. The van der Waals surface area contributed by atoms with Crippen molar-refractivity contribution in [2.75, 3.05) is 6.54 Å². The maximum Gasteiger partial charge on any atom is 0.345 e. The summed E-state index contributed by atoms with van der Waals surface area (Å²) < 4.78 is 5.63. The zero-order chi connectivity index (χ0) is 25.5. The van der Waals surface area contributed by atoms with Crippen LogP contribution in [-0.2, 0) is 4.79 Å². The molecule has 0 aromatic heterocycles. The predicted molar refractivity (Wildman–Crippen MR) is 140 cm³/mol. The summed E-state index contributed by atoms with van der Waals surface area (Å²) in [7, 11) is 0. The van der Waals surface area contributed by atoms with E-state index >= 15 is 0 Å². The number of hydrogen-bond acceptors (Lipinski definition) is 5. The van der Waals surface area contributed by atoms with Gasteiger partial charge in [0.05, 0.1) is 23.3 Å². The first-order chi connectivity index (χ1) is 17.4. The first kappa shape index (κ1) is 24.6. The van der Waals surface area contributed by atoms with Gasteiger partial charge in [0.1, 0.15) is 5.75 Å². The van der Waals surface area contributed by atoms with Gasteiger partial charge < -0.3 is 10.1 Å². The molecule has 4 rings (SSSR count). The molecule has 4 aromatic carbocycles. The molecule has 0 bridgehead atoms. The van der Waals surface area contributed by atoms with Crippen molar-refractivity contribution in [2.24, 2.45) is 5.10 Å². The Morgan fingerprint density at radius 2 is 1.58 bits per heavy atom. The van der Waals surface area contributed by atoms with E-state index in [1.54, 1.807) is 42.5 Å². The van der Waals surface area contributed by atoms with Gasteiger partial charge in [-0.2, -0.15) is 5.10 Å². The van der Waals surface area contributed by atoms with E-state index in [0.29, 0.717) is 11.1 Å². The molecule has 8 heteroatoms. The van der Waals surface area contributed by atoms with Gasteiger partial charge in [-0.25, -0.2) is 10.2 Å². The molecular weight excluding hydrogens is 478 g/mol. The minimum Gasteiger partial charge on any atom is -0.422 e. The lowest BCUT2D eigenvalue weighted by molar-refractivity contribution is -0.120. The summed E-state index contributed by atoms with van der Waals surface area (Å²) in [5.74, 6) is -1.23. The van der Waals surface area contributed by atoms with Gasteiger partial charge in [0.2, 0.25) is 0 Å². The fourth-order valence-corrected chi connectivity index (χ4v) is 3.78. The van der Waals surface area contributed by atoms with Crippen molar-refractivity contribution in [1.29, 1.82) is 0 Å². The SMILES string of the molecule is Cc1ccccc1C(=O)NCC(=O)N/N=C\c1c(OC(=O)c2ccccc2Cl)ccc2ccccc12. The van der Waals surface area contributed by atoms with Crippen LogP contribution >= 0.6 is 11.6 Å². The summed E-state index contributed by atoms with van der Waals surface area (Å²) in [4.78, 5) is 37.3. The van der Waals surface area contributed by atoms with E-state index in [1.165, 1.54) is 6.21 Å². The molecule has 0 fully saturated rings. The van der Waals surface area contributed by atoms with Crippen molar-refractivity contribution in [3.8, 4) is 5.75 Å². The molecule has 0 heterocycles. The normalized spacial score (nSPS) is 10.8. The lowest BCUT2D eigenvalue weighted by Gasteiger charge is -2.11. The Labute approximate surface area is 212 Å². The van der Waals surface area contributed by atoms with Crippen LogP contribution in [0.4, 0.5) is 0 Å². The van der Waals surface area contributed by atoms with E-state index in [2.05, 4.69) is 15.8 Å². The van der Waals surface area contributed by atoms with Gasteiger partial charge in [0.15, 0.2) is 0 Å². The molecule has 0 spiro atoms. The number of esters is 1. The fraction of sp³-hybridized carbons (Fsp3) is 0.0714. The van der Waals surface area contributed by atoms with E-state index in [9.17, 15) is 14.4 Å². The van der Waals surface area contributed by atoms with Crippen LogP contribution in [0.15, 0.2) is 90.0 Å². The minimum absolute atomic E-state index is 0.230. The molecule has 0 saturated carbocycles. The number of hydrazone groups is 1. The Morgan fingerprint density at radius 3 is 2.36 bits per heavy atom. The van der Waals surface area contributed by atoms with Crippen LogP contribution in [0.1, 0.15) is 31.8 Å². The number of rotatable bonds is 7. The highest BCUT2D eigenvalue weighted by Gasteiger charge is 2.16. The van der Waals surface area contributed by atoms with Crippen molar-refractivity contribution in [3.63, 3.8) is 0 Å². The molecule has 0 radical (unpaired) electrons. The second kappa shape index (κ2) is 11.3. The third-order valence-electron chi connectivity index (χ3n) is 5.41. The number of nitrogens with one attached hydrogen (secondary N) is 2. The summed E-state index contributed by atoms with van der Waals surface area (Å²) in [5.41, 5.74) is 4.42. The van der Waals surface area contributed by atoms with E-state index in [0.717, 1.165) is 16.3 Å². The lowest BCUT2D eigenvalue weighted by Crippen LogP contribution is -2.35. The highest BCUT2D eigenvalue weighted by Crippen LogP contribution is 2.28. The second-order valence-electron chi connectivity index (χ2n) is 7.86. The minimum atomic E-state index is -0.617. The molecule has 0 aliphatic heterocycles. The van der Waals surface area contributed by atoms with E-state index in [4.69, 9.17) is 16.3 Å². The van der Waals surface area contributed by atoms with Gasteiger partial charge >= 0.3 is 5.97 Å². The number of nitrogens with zero attached hydrogens (tertiary/aromatic N) is 1. The number of carbonyl (C=O) groups is 3. The number of ether oxygens (including phenoxy) is 1. The van der Waals surface area contributed by atoms with E-state index < -0.39 is 11.9 Å². The van der Waals surface area contributed by atoms with Gasteiger partial charge in [-0.05, 0) is 47.5 Å². The van der Waals surface area contributed by atoms with Crippen molar-refractivity contribution >= 4 is 46.4 Å². The second-order valence-corrected chi connectivity index (χ2v) is 8.27. The molecule has 180 valence electrons. The number of hydrogen-bond donors (Lipinski definition) is 2. The Bertz CT molecular complexity index is 1480. The maximum absolute atomic E-state index is 12.7. The summed E-state index contributed by atoms with van der Waals surface area (Å²) in [6.45, 7) is 1.56. The third kappa shape index (κ3) is 5.76. The smallest absolute Gasteiger partial charge is 0.345 e. The van der Waals surface area contributed by atoms with Gasteiger partial charge in [-0.15, -0.1) is 0 Å². The van der Waals surface area contributed by atoms with Crippen LogP contribution < -0.4 is 15.5 Å². The number of benzene rings is 4. The van der Waals surface area contributed by atoms with Crippen molar-refractivity contribution in [1.82, 2.24) is 10.7 Å². The predicted octanol–water partition coefficient (Wildman–Crippen LogP) is 4.90. The van der Waals surface area contributed by atoms with Crippen LogP contribution in [0.25, 0.3) is 10.8 Å². The molecule has 0 aliphatic rings. The molecule has 2 amide bonds. The van der Waals surface area contributed by atoms with Gasteiger partial charge in [0.25, 0.3) is 11.8 Å². The lowest BCUT2D eigenvalue weighted by atomic mass is 10.0. The number of halogens is 1. The molecule has 36 heavy (non-hydrogen) atoms. The molecular formula is C28H22ClN3O4. The van der Waals surface area contributed by atoms with Crippen molar-refractivity contribution < 1.29 is 19.1 Å². The van der Waals surface area contributed by atoms with Crippen molar-refractivity contribution in [3.05, 3.63) is 112 Å². The zero-order valence-corrected chi connectivity index (χ0v) is 20.1. The quantitative estimate of drug-likeness (QED) is 0.163. The average Bonchev–Trinajstić information content (AvgIpc) is 2.88. The summed E-state index contributed by atoms with van der Waals surface area (Å²) in [6.07, 6.45) is 1.40. The average molecular weight is 500 g/mol. The van der Waals surface area contributed by atoms with Gasteiger partial charge in [0, 0.05) is 11.1 Å². The van der Waals surface area contributed by atoms with E-state index in [-0.39, 0.29) is 28.8 Å². The maximum atomic E-state index is 12.7. The van der Waals surface area contributed by atoms with Crippen LogP contribution in [0.3, 0.4) is 0 Å². The van der Waals surface area contributed by atoms with Crippen LogP contribution in [0, 0.1) is 6.92 Å².